The number of nitrogens with zero attached hydrogens (tertiary/aromatic N) is 8. The molecule has 2 aliphatic heterocycles. The first kappa shape index (κ1) is 74.0. The third-order valence-electron chi connectivity index (χ3n) is 12.5. The zero-order valence-corrected chi connectivity index (χ0v) is 56.2. The van der Waals surface area contributed by atoms with Gasteiger partial charge in [-0.1, -0.05) is 23.2 Å². The van der Waals surface area contributed by atoms with Crippen molar-refractivity contribution in [2.24, 2.45) is 4.99 Å². The summed E-state index contributed by atoms with van der Waals surface area (Å²) in [5.41, 5.74) is -3.60. The highest BCUT2D eigenvalue weighted by molar-refractivity contribution is 7.92. The Labute approximate surface area is 563 Å². The number of phenolic OH excluding ortho intramolecular Hbond substituents is 2. The second-order valence-electron chi connectivity index (χ2n) is 19.1. The van der Waals surface area contributed by atoms with E-state index in [0.29, 0.717) is 18.2 Å². The van der Waals surface area contributed by atoms with E-state index in [2.05, 4.69) is 80.1 Å². The van der Waals surface area contributed by atoms with Crippen LogP contribution in [0, 0.1) is 6.08 Å². The first-order chi connectivity index (χ1) is 45.3. The lowest BCUT2D eigenvalue weighted by atomic mass is 10.1. The molecular weight excluding hydrogens is 1550 g/mol. The number of hydrogen-bond acceptors (Lipinski definition) is 36. The minimum Gasteiger partial charge on any atom is -0.504 e. The number of anilines is 9. The predicted molar refractivity (Wildman–Crippen MR) is 332 cm³/mol. The first-order valence-electron chi connectivity index (χ1n) is 25.6. The molecule has 0 unspecified atom stereocenters. The highest BCUT2D eigenvalue weighted by Gasteiger charge is 2.36. The van der Waals surface area contributed by atoms with E-state index in [9.17, 15) is 100 Å². The second kappa shape index (κ2) is 27.5. The topological polar surface area (TPSA) is 651 Å². The van der Waals surface area contributed by atoms with Crippen LogP contribution in [0.2, 0.25) is 15.3 Å². The van der Waals surface area contributed by atoms with Crippen molar-refractivity contribution in [2.75, 3.05) is 82.8 Å². The first-order valence-corrected chi connectivity index (χ1v) is 38.5. The summed E-state index contributed by atoms with van der Waals surface area (Å²) in [7, 11) is -41.1. The van der Waals surface area contributed by atoms with E-state index in [1.807, 2.05) is 0 Å². The zero-order chi connectivity index (χ0) is 72.2. The molecule has 0 atom stereocenters. The van der Waals surface area contributed by atoms with Gasteiger partial charge in [0.1, 0.15) is 36.7 Å². The van der Waals surface area contributed by atoms with Crippen LogP contribution in [0.5, 0.6) is 23.0 Å². The molecule has 4 heterocycles. The van der Waals surface area contributed by atoms with Gasteiger partial charge in [0.25, 0.3) is 30.4 Å². The fourth-order valence-electron chi connectivity index (χ4n) is 8.52. The molecule has 98 heavy (non-hydrogen) atoms. The fraction of sp³-hybridized carbons (Fsp3) is 0.182. The molecule has 0 saturated carbocycles. The number of phenols is 2. The normalized spacial score (nSPS) is 13.3. The molecule has 0 fully saturated rings. The monoisotopic (exact) mass is 1590 g/mol. The average Bonchev–Trinajstić information content (AvgIpc) is 0.734. The molecule has 9 rings (SSSR count). The van der Waals surface area contributed by atoms with Gasteiger partial charge in [0.15, 0.2) is 63.8 Å². The van der Waals surface area contributed by atoms with Gasteiger partial charge < -0.3 is 51.3 Å². The molecular formula is C44H38Cl3FN14O28S8. The Balaban J connectivity index is 0.923. The van der Waals surface area contributed by atoms with E-state index in [0.717, 1.165) is 12.1 Å². The molecule has 0 saturated heterocycles. The summed E-state index contributed by atoms with van der Waals surface area (Å²) in [5.74, 6) is -9.13. The molecule has 0 radical (unpaired) electrons. The fourth-order valence-corrected chi connectivity index (χ4v) is 15.3. The molecule has 0 bridgehead atoms. The summed E-state index contributed by atoms with van der Waals surface area (Å²) >= 11 is 19.7. The smallest absolute Gasteiger partial charge is 0.397 e. The van der Waals surface area contributed by atoms with Gasteiger partial charge in [-0.05, 0) is 60.1 Å². The Kier molecular flexibility index (Phi) is 20.8. The van der Waals surface area contributed by atoms with Gasteiger partial charge in [0.2, 0.25) is 29.1 Å². The maximum Gasteiger partial charge on any atom is 0.397 e. The van der Waals surface area contributed by atoms with Gasteiger partial charge in [-0.25, -0.2) is 30.2 Å². The summed E-state index contributed by atoms with van der Waals surface area (Å²) in [4.78, 5) is 24.2. The van der Waals surface area contributed by atoms with Crippen molar-refractivity contribution in [3.8, 4) is 34.5 Å². The van der Waals surface area contributed by atoms with Crippen molar-refractivity contribution in [2.45, 2.75) is 29.4 Å². The molecule has 528 valence electrons. The van der Waals surface area contributed by atoms with Crippen LogP contribution in [-0.2, 0) is 89.3 Å². The van der Waals surface area contributed by atoms with Gasteiger partial charge in [-0.3, -0.25) is 32.3 Å². The molecule has 3 aliphatic rings. The SMILES string of the molecule is O=S(=O)(O)OCCS(=O)(=O)c1cc(Nc2nc(F)nc(NCCNc3ccc4c(c3S(=O)(=O)O)Oc3c(c(Cl)c5oc6c(S(=O)(=O)O)c(=NCCNc7nc(Cl)nc(Nc8cc(S(=O)(=O)CCOS(=O)(=O)O)cc(S(=O)(=O)O)c8O)n7)ccc-6nc5c3Cl)N4)n2)c(O)c(S(=O)(=O)O)c1. The van der Waals surface area contributed by atoms with E-state index in [1.165, 1.54) is 12.1 Å². The van der Waals surface area contributed by atoms with Crippen molar-refractivity contribution in [3.05, 3.63) is 75.3 Å². The number of ether oxygens (including phenoxy) is 1. The number of aromatic nitrogens is 7. The van der Waals surface area contributed by atoms with Crippen LogP contribution in [0.15, 0.2) is 87.3 Å². The van der Waals surface area contributed by atoms with Gasteiger partial charge in [-0.2, -0.15) is 84.8 Å². The molecule has 2 aromatic heterocycles. The van der Waals surface area contributed by atoms with Crippen molar-refractivity contribution >= 4 is 179 Å². The maximum absolute atomic E-state index is 14.8. The Morgan fingerprint density at radius 3 is 1.57 bits per heavy atom. The Morgan fingerprint density at radius 2 is 1.04 bits per heavy atom. The summed E-state index contributed by atoms with van der Waals surface area (Å²) in [6.45, 7) is -3.71. The third kappa shape index (κ3) is 17.3. The highest BCUT2D eigenvalue weighted by Crippen LogP contribution is 2.55. The van der Waals surface area contributed by atoms with Gasteiger partial charge in [0, 0.05) is 19.6 Å². The predicted octanol–water partition coefficient (Wildman–Crippen LogP) is 2.86. The minimum absolute atomic E-state index is 0.205. The van der Waals surface area contributed by atoms with Crippen molar-refractivity contribution in [1.82, 2.24) is 34.9 Å². The zero-order valence-electron chi connectivity index (χ0n) is 47.4. The maximum atomic E-state index is 14.8. The summed E-state index contributed by atoms with van der Waals surface area (Å²) < 4.78 is 289. The standard InChI is InChI=1S/C44H38Cl3FN14O28S8/c45-27-30-36(90-34-20(54-30)2-4-22(38(34)96(78,79)80)50-6-8-52-42-59-40(48)60-44(62-42)56-24-14-18(16-26(32(24)64)94(72,73)74)92(67,68)12-10-88-98(84,85)86)28(46)29-35(27)89-33-19(53-29)1-3-21(37(33)95(75,76)77)49-5-7-51-41-57-39(47)58-43(61-41)55-23-13-17(15-25(31(23)63)93(69,70)71)91(65,66)11-9-87-97(81,82)83/h1-4,13-16,50,54,63-64H,5-12H2,(H,69,70,71)(H,72,73,74)(H,75,76,77)(H,78,79,80)(H,81,82,83)(H,84,85,86)(H2,51,55,57,58,61)(H2,52,56,59,60,62). The number of hydrogen-bond donors (Lipinski definition) is 14. The minimum atomic E-state index is -5.42. The van der Waals surface area contributed by atoms with Crippen LogP contribution >= 0.6 is 34.8 Å². The molecule has 1 aliphatic carbocycles. The molecule has 54 heteroatoms. The number of halogens is 4. The molecule has 42 nitrogen and oxygen atoms in total. The van der Waals surface area contributed by atoms with Crippen molar-refractivity contribution < 1.29 is 127 Å². The number of fused-ring (bicyclic) bond motifs is 4. The Hall–Kier alpha value is -8.20. The molecule has 6 aromatic rings. The average molecular weight is 1590 g/mol. The Morgan fingerprint density at radius 1 is 0.541 bits per heavy atom. The molecule has 4 aromatic carbocycles. The molecule has 0 amide bonds. The van der Waals surface area contributed by atoms with Crippen molar-refractivity contribution in [3.63, 3.8) is 0 Å². The number of aromatic hydroxyl groups is 2. The molecule has 14 N–H and O–H groups in total. The van der Waals surface area contributed by atoms with E-state index >= 15 is 0 Å². The van der Waals surface area contributed by atoms with Crippen LogP contribution in [-0.4, -0.2) is 191 Å². The quantitative estimate of drug-likeness (QED) is 0.0152. The van der Waals surface area contributed by atoms with Gasteiger partial charge in [0.05, 0.1) is 69.2 Å². The summed E-state index contributed by atoms with van der Waals surface area (Å²) in [6.07, 6.45) is -1.54. The number of sulfone groups is 2. The van der Waals surface area contributed by atoms with Gasteiger partial charge >= 0.3 is 37.0 Å². The van der Waals surface area contributed by atoms with Crippen molar-refractivity contribution in [1.29, 1.82) is 0 Å². The van der Waals surface area contributed by atoms with Crippen LogP contribution < -0.4 is 42.0 Å². The largest absolute Gasteiger partial charge is 0.504 e. The van der Waals surface area contributed by atoms with Gasteiger partial charge in [-0.15, -0.1) is 0 Å². The van der Waals surface area contributed by atoms with E-state index in [-0.39, 0.29) is 54.0 Å². The van der Waals surface area contributed by atoms with Crippen LogP contribution in [0.3, 0.4) is 0 Å². The second-order valence-corrected chi connectivity index (χ2v) is 32.1. The van der Waals surface area contributed by atoms with Crippen LogP contribution in [0.1, 0.15) is 0 Å². The van der Waals surface area contributed by atoms with Crippen LogP contribution in [0.4, 0.5) is 56.6 Å². The number of benzene rings is 5. The number of rotatable bonds is 27. The molecule has 0 spiro atoms. The van der Waals surface area contributed by atoms with E-state index in [1.54, 1.807) is 0 Å². The van der Waals surface area contributed by atoms with E-state index in [4.69, 9.17) is 53.1 Å². The lowest BCUT2D eigenvalue weighted by Crippen LogP contribution is -2.20. The number of nitrogens with one attached hydrogen (secondary N) is 6. The summed E-state index contributed by atoms with van der Waals surface area (Å²) in [6, 6.07) is 6.41. The highest BCUT2D eigenvalue weighted by atomic mass is 35.5. The van der Waals surface area contributed by atoms with E-state index < -0.39 is 238 Å². The Bertz CT molecular complexity index is 5660. The summed E-state index contributed by atoms with van der Waals surface area (Å²) in [5, 5.41) is 34.6. The van der Waals surface area contributed by atoms with Crippen LogP contribution in [0.25, 0.3) is 22.6 Å². The lowest BCUT2D eigenvalue weighted by Gasteiger charge is -2.27. The third-order valence-corrected chi connectivity index (χ3v) is 21.2. The lowest BCUT2D eigenvalue weighted by molar-refractivity contribution is 0.282.